The van der Waals surface area contributed by atoms with Crippen molar-refractivity contribution in [1.29, 1.82) is 0 Å². The van der Waals surface area contributed by atoms with E-state index in [-0.39, 0.29) is 11.9 Å². The number of hydrogen-bond acceptors (Lipinski definition) is 7. The molecule has 1 aliphatic heterocycles. The van der Waals surface area contributed by atoms with Crippen molar-refractivity contribution in [3.63, 3.8) is 0 Å². The molecule has 0 aliphatic carbocycles. The molecule has 7 nitrogen and oxygen atoms in total. The Morgan fingerprint density at radius 1 is 1.24 bits per heavy atom. The molecule has 2 aromatic rings. The summed E-state index contributed by atoms with van der Waals surface area (Å²) in [6.45, 7) is 0.927. The summed E-state index contributed by atoms with van der Waals surface area (Å²) < 4.78 is 16.0. The molecule has 1 unspecified atom stereocenters. The number of rotatable bonds is 6. The zero-order valence-corrected chi connectivity index (χ0v) is 15.2. The van der Waals surface area contributed by atoms with Crippen LogP contribution in [-0.4, -0.2) is 33.9 Å². The topological polar surface area (TPSA) is 80.9 Å². The SMILES string of the molecule is COc1cc(CNC(=O)C2NCNc3sccc32)cc(OC)c1OC. The normalized spacial score (nSPS) is 15.7. The minimum absolute atomic E-state index is 0.0742. The zero-order chi connectivity index (χ0) is 17.8. The van der Waals surface area contributed by atoms with E-state index >= 15 is 0 Å². The number of benzene rings is 1. The van der Waals surface area contributed by atoms with Crippen molar-refractivity contribution in [2.24, 2.45) is 0 Å². The summed E-state index contributed by atoms with van der Waals surface area (Å²) >= 11 is 1.60. The van der Waals surface area contributed by atoms with Crippen LogP contribution in [0.4, 0.5) is 5.00 Å². The van der Waals surface area contributed by atoms with Gasteiger partial charge in [0.15, 0.2) is 11.5 Å². The van der Waals surface area contributed by atoms with Crippen LogP contribution < -0.4 is 30.2 Å². The van der Waals surface area contributed by atoms with Crippen molar-refractivity contribution in [2.75, 3.05) is 33.3 Å². The van der Waals surface area contributed by atoms with Gasteiger partial charge in [-0.3, -0.25) is 10.1 Å². The maximum Gasteiger partial charge on any atom is 0.242 e. The molecular formula is C17H21N3O4S. The number of nitrogens with one attached hydrogen (secondary N) is 3. The van der Waals surface area contributed by atoms with Crippen LogP contribution in [0, 0.1) is 0 Å². The van der Waals surface area contributed by atoms with E-state index in [0.29, 0.717) is 30.5 Å². The van der Waals surface area contributed by atoms with E-state index in [1.54, 1.807) is 32.7 Å². The first-order valence-electron chi connectivity index (χ1n) is 7.79. The Labute approximate surface area is 150 Å². The fourth-order valence-corrected chi connectivity index (χ4v) is 3.62. The first-order valence-corrected chi connectivity index (χ1v) is 8.67. The summed E-state index contributed by atoms with van der Waals surface area (Å²) in [6.07, 6.45) is 0. The average molecular weight is 363 g/mol. The van der Waals surface area contributed by atoms with Crippen LogP contribution in [0.5, 0.6) is 17.2 Å². The summed E-state index contributed by atoms with van der Waals surface area (Å²) in [6, 6.07) is 5.26. The quantitative estimate of drug-likeness (QED) is 0.729. The van der Waals surface area contributed by atoms with Gasteiger partial charge < -0.3 is 24.8 Å². The fraction of sp³-hybridized carbons (Fsp3) is 0.353. The number of methoxy groups -OCH3 is 3. The van der Waals surface area contributed by atoms with E-state index in [1.807, 2.05) is 23.6 Å². The Morgan fingerprint density at radius 2 is 1.96 bits per heavy atom. The van der Waals surface area contributed by atoms with Gasteiger partial charge in [-0.05, 0) is 29.1 Å². The third-order valence-electron chi connectivity index (χ3n) is 4.02. The maximum atomic E-state index is 12.6. The smallest absolute Gasteiger partial charge is 0.242 e. The number of hydrogen-bond donors (Lipinski definition) is 3. The van der Waals surface area contributed by atoms with Gasteiger partial charge in [0.1, 0.15) is 6.04 Å². The van der Waals surface area contributed by atoms with Gasteiger partial charge in [0.2, 0.25) is 11.7 Å². The highest BCUT2D eigenvalue weighted by atomic mass is 32.1. The first kappa shape index (κ1) is 17.4. The summed E-state index contributed by atoms with van der Waals surface area (Å²) in [5.74, 6) is 1.58. The minimum Gasteiger partial charge on any atom is -0.493 e. The molecule has 1 aromatic heterocycles. The van der Waals surface area contributed by atoms with Crippen molar-refractivity contribution in [2.45, 2.75) is 12.6 Å². The molecule has 0 spiro atoms. The van der Waals surface area contributed by atoms with E-state index in [9.17, 15) is 4.79 Å². The van der Waals surface area contributed by atoms with Crippen molar-refractivity contribution in [3.05, 3.63) is 34.7 Å². The highest BCUT2D eigenvalue weighted by Crippen LogP contribution is 2.38. The van der Waals surface area contributed by atoms with Crippen LogP contribution in [-0.2, 0) is 11.3 Å². The molecule has 1 atom stereocenters. The Balaban J connectivity index is 1.73. The molecule has 1 aliphatic rings. The van der Waals surface area contributed by atoms with E-state index in [1.165, 1.54) is 0 Å². The maximum absolute atomic E-state index is 12.6. The van der Waals surface area contributed by atoms with Gasteiger partial charge in [-0.1, -0.05) is 0 Å². The predicted molar refractivity (Wildman–Crippen MR) is 96.6 cm³/mol. The van der Waals surface area contributed by atoms with Crippen molar-refractivity contribution >= 4 is 22.2 Å². The van der Waals surface area contributed by atoms with Gasteiger partial charge in [0.25, 0.3) is 0 Å². The zero-order valence-electron chi connectivity index (χ0n) is 14.3. The number of carbonyl (C=O) groups is 1. The summed E-state index contributed by atoms with van der Waals surface area (Å²) in [7, 11) is 4.69. The second kappa shape index (κ2) is 7.62. The van der Waals surface area contributed by atoms with E-state index < -0.39 is 0 Å². The molecule has 0 bridgehead atoms. The monoisotopic (exact) mass is 363 g/mol. The van der Waals surface area contributed by atoms with E-state index in [2.05, 4.69) is 16.0 Å². The van der Waals surface area contributed by atoms with Gasteiger partial charge in [-0.25, -0.2) is 0 Å². The first-order chi connectivity index (χ1) is 12.2. The minimum atomic E-state index is -0.357. The molecule has 0 fully saturated rings. The van der Waals surface area contributed by atoms with Gasteiger partial charge in [0.05, 0.1) is 33.0 Å². The Bertz CT molecular complexity index is 737. The third-order valence-corrected chi connectivity index (χ3v) is 4.90. The number of amides is 1. The average Bonchev–Trinajstić information content (AvgIpc) is 3.13. The van der Waals surface area contributed by atoms with Gasteiger partial charge in [-0.15, -0.1) is 11.3 Å². The number of carbonyl (C=O) groups excluding carboxylic acids is 1. The van der Waals surface area contributed by atoms with Crippen molar-refractivity contribution < 1.29 is 19.0 Å². The van der Waals surface area contributed by atoms with Crippen LogP contribution in [0.1, 0.15) is 17.2 Å². The molecule has 3 N–H and O–H groups in total. The van der Waals surface area contributed by atoms with Crippen molar-refractivity contribution in [1.82, 2.24) is 10.6 Å². The number of fused-ring (bicyclic) bond motifs is 1. The van der Waals surface area contributed by atoms with E-state index in [0.717, 1.165) is 16.1 Å². The molecule has 8 heteroatoms. The fourth-order valence-electron chi connectivity index (χ4n) is 2.80. The van der Waals surface area contributed by atoms with Gasteiger partial charge in [0, 0.05) is 12.1 Å². The summed E-state index contributed by atoms with van der Waals surface area (Å²) in [5, 5.41) is 12.4. The van der Waals surface area contributed by atoms with Crippen LogP contribution >= 0.6 is 11.3 Å². The lowest BCUT2D eigenvalue weighted by Gasteiger charge is -2.24. The van der Waals surface area contributed by atoms with Gasteiger partial charge in [-0.2, -0.15) is 0 Å². The highest BCUT2D eigenvalue weighted by Gasteiger charge is 2.26. The molecule has 3 rings (SSSR count). The Hall–Kier alpha value is -2.45. The van der Waals surface area contributed by atoms with Crippen LogP contribution in [0.2, 0.25) is 0 Å². The predicted octanol–water partition coefficient (Wildman–Crippen LogP) is 2.10. The molecule has 134 valence electrons. The van der Waals surface area contributed by atoms with Crippen LogP contribution in [0.3, 0.4) is 0 Å². The number of thiophene rings is 1. The Morgan fingerprint density at radius 3 is 2.60 bits per heavy atom. The molecule has 0 saturated heterocycles. The standard InChI is InChI=1S/C17H21N3O4S/c1-22-12-6-10(7-13(23-2)15(12)24-3)8-18-16(21)14-11-4-5-25-17(11)20-9-19-14/h4-7,14,19-20H,8-9H2,1-3H3,(H,18,21). The van der Waals surface area contributed by atoms with Crippen LogP contribution in [0.15, 0.2) is 23.6 Å². The molecule has 0 radical (unpaired) electrons. The lowest BCUT2D eigenvalue weighted by Crippen LogP contribution is -2.41. The molecular weight excluding hydrogens is 342 g/mol. The highest BCUT2D eigenvalue weighted by molar-refractivity contribution is 7.14. The van der Waals surface area contributed by atoms with Gasteiger partial charge >= 0.3 is 0 Å². The van der Waals surface area contributed by atoms with Crippen LogP contribution in [0.25, 0.3) is 0 Å². The van der Waals surface area contributed by atoms with Crippen molar-refractivity contribution in [3.8, 4) is 17.2 Å². The lowest BCUT2D eigenvalue weighted by atomic mass is 10.1. The molecule has 1 aromatic carbocycles. The molecule has 0 saturated carbocycles. The summed E-state index contributed by atoms with van der Waals surface area (Å²) in [4.78, 5) is 12.6. The molecule has 2 heterocycles. The molecule has 25 heavy (non-hydrogen) atoms. The second-order valence-electron chi connectivity index (χ2n) is 5.45. The third kappa shape index (κ3) is 3.49. The summed E-state index contributed by atoms with van der Waals surface area (Å²) in [5.41, 5.74) is 1.83. The lowest BCUT2D eigenvalue weighted by molar-refractivity contribution is -0.123. The number of ether oxygens (including phenoxy) is 3. The largest absolute Gasteiger partial charge is 0.493 e. The van der Waals surface area contributed by atoms with E-state index in [4.69, 9.17) is 14.2 Å². The Kier molecular flexibility index (Phi) is 5.30. The molecule has 1 amide bonds. The number of anilines is 1. The second-order valence-corrected chi connectivity index (χ2v) is 6.36.